The van der Waals surface area contributed by atoms with Crippen LogP contribution in [0.4, 0.5) is 0 Å². The molecule has 0 radical (unpaired) electrons. The Morgan fingerprint density at radius 3 is 2.59 bits per heavy atom. The molecule has 2 aliphatic rings. The van der Waals surface area contributed by atoms with Gasteiger partial charge in [-0.15, -0.1) is 0 Å². The Hall–Kier alpha value is -0.540. The van der Waals surface area contributed by atoms with Crippen molar-refractivity contribution in [3.63, 3.8) is 0 Å². The zero-order chi connectivity index (χ0) is 12.7. The number of hydrogen-bond acceptors (Lipinski definition) is 3. The van der Waals surface area contributed by atoms with E-state index in [1.54, 1.807) is 0 Å². The first-order valence-corrected chi connectivity index (χ1v) is 6.57. The van der Waals surface area contributed by atoms with E-state index in [9.17, 15) is 0 Å². The first kappa shape index (κ1) is 12.9. The van der Waals surface area contributed by atoms with Crippen LogP contribution in [-0.2, 0) is 9.47 Å². The van der Waals surface area contributed by atoms with Gasteiger partial charge in [0.05, 0.1) is 12.4 Å². The minimum Gasteiger partial charge on any atom is -0.491 e. The van der Waals surface area contributed by atoms with E-state index in [4.69, 9.17) is 9.47 Å². The molecular formula is C14H25NO2. The lowest BCUT2D eigenvalue weighted by molar-refractivity contribution is -0.183. The summed E-state index contributed by atoms with van der Waals surface area (Å²) in [7, 11) is 0. The quantitative estimate of drug-likeness (QED) is 0.763. The molecule has 1 fully saturated rings. The molecule has 0 aromatic heterocycles. The van der Waals surface area contributed by atoms with E-state index in [1.807, 2.05) is 6.26 Å². The molecule has 0 unspecified atom stereocenters. The van der Waals surface area contributed by atoms with Crippen LogP contribution in [0.5, 0.6) is 0 Å². The van der Waals surface area contributed by atoms with E-state index in [2.05, 4.69) is 39.9 Å². The molecule has 3 atom stereocenters. The minimum atomic E-state index is -0.245. The standard InChI is InChI=1S/C14H25NO2/c1-10-6-7-14(5,16-9-10)12-15-13(3,4)8-11(2)17-12/h9,11-12,15H,6-8H2,1-5H3/t11-,12+,14+/m1/s1. The molecular weight excluding hydrogens is 214 g/mol. The average Bonchev–Trinajstić information content (AvgIpc) is 2.20. The summed E-state index contributed by atoms with van der Waals surface area (Å²) in [6.45, 7) is 10.9. The van der Waals surface area contributed by atoms with E-state index >= 15 is 0 Å². The highest BCUT2D eigenvalue weighted by molar-refractivity contribution is 5.04. The van der Waals surface area contributed by atoms with Gasteiger partial charge in [-0.3, -0.25) is 5.32 Å². The molecule has 2 rings (SSSR count). The van der Waals surface area contributed by atoms with Crippen molar-refractivity contribution in [2.75, 3.05) is 0 Å². The first-order valence-electron chi connectivity index (χ1n) is 6.57. The third kappa shape index (κ3) is 2.83. The van der Waals surface area contributed by atoms with Crippen LogP contribution in [0.15, 0.2) is 11.8 Å². The summed E-state index contributed by atoms with van der Waals surface area (Å²) in [5.74, 6) is 0. The van der Waals surface area contributed by atoms with Crippen LogP contribution >= 0.6 is 0 Å². The Labute approximate surface area is 105 Å². The minimum absolute atomic E-state index is 0.0226. The summed E-state index contributed by atoms with van der Waals surface area (Å²) in [6, 6.07) is 0. The Morgan fingerprint density at radius 2 is 2.06 bits per heavy atom. The monoisotopic (exact) mass is 239 g/mol. The molecule has 1 N–H and O–H groups in total. The van der Waals surface area contributed by atoms with E-state index in [0.29, 0.717) is 0 Å². The normalized spacial score (nSPS) is 41.6. The van der Waals surface area contributed by atoms with Crippen molar-refractivity contribution >= 4 is 0 Å². The molecule has 2 heterocycles. The Balaban J connectivity index is 2.11. The third-order valence-corrected chi connectivity index (χ3v) is 3.79. The fourth-order valence-electron chi connectivity index (χ4n) is 2.73. The van der Waals surface area contributed by atoms with Crippen molar-refractivity contribution in [2.24, 2.45) is 0 Å². The van der Waals surface area contributed by atoms with E-state index in [-0.39, 0.29) is 23.5 Å². The highest BCUT2D eigenvalue weighted by Crippen LogP contribution is 2.34. The van der Waals surface area contributed by atoms with E-state index < -0.39 is 0 Å². The van der Waals surface area contributed by atoms with Gasteiger partial charge in [-0.2, -0.15) is 0 Å². The molecule has 0 aliphatic carbocycles. The maximum absolute atomic E-state index is 6.03. The summed E-state index contributed by atoms with van der Waals surface area (Å²) < 4.78 is 11.9. The lowest BCUT2D eigenvalue weighted by Crippen LogP contribution is -2.63. The van der Waals surface area contributed by atoms with Gasteiger partial charge in [-0.25, -0.2) is 0 Å². The summed E-state index contributed by atoms with van der Waals surface area (Å²) in [5, 5.41) is 3.57. The predicted molar refractivity (Wildman–Crippen MR) is 68.6 cm³/mol. The fraction of sp³-hybridized carbons (Fsp3) is 0.857. The molecule has 0 bridgehead atoms. The van der Waals surface area contributed by atoms with Gasteiger partial charge in [0.2, 0.25) is 0 Å². The highest BCUT2D eigenvalue weighted by atomic mass is 16.6. The molecule has 3 nitrogen and oxygen atoms in total. The number of ether oxygens (including phenoxy) is 2. The molecule has 0 saturated carbocycles. The van der Waals surface area contributed by atoms with Crippen molar-refractivity contribution in [2.45, 2.75) is 77.4 Å². The van der Waals surface area contributed by atoms with Crippen LogP contribution in [-0.4, -0.2) is 23.5 Å². The van der Waals surface area contributed by atoms with Gasteiger partial charge in [0, 0.05) is 5.54 Å². The van der Waals surface area contributed by atoms with Gasteiger partial charge in [0.25, 0.3) is 0 Å². The lowest BCUT2D eigenvalue weighted by Gasteiger charge is -2.48. The van der Waals surface area contributed by atoms with Crippen molar-refractivity contribution < 1.29 is 9.47 Å². The molecule has 0 aromatic rings. The van der Waals surface area contributed by atoms with Crippen molar-refractivity contribution in [1.29, 1.82) is 0 Å². The number of hydrogen-bond donors (Lipinski definition) is 1. The number of allylic oxidation sites excluding steroid dienone is 1. The Bertz CT molecular complexity index is 324. The Morgan fingerprint density at radius 1 is 1.35 bits per heavy atom. The zero-order valence-electron chi connectivity index (χ0n) is 11.7. The zero-order valence-corrected chi connectivity index (χ0v) is 11.7. The number of rotatable bonds is 1. The van der Waals surface area contributed by atoms with Gasteiger partial charge in [-0.05, 0) is 59.5 Å². The van der Waals surface area contributed by atoms with E-state index in [1.165, 1.54) is 5.57 Å². The van der Waals surface area contributed by atoms with Crippen LogP contribution in [0.2, 0.25) is 0 Å². The maximum Gasteiger partial charge on any atom is 0.148 e. The first-order chi connectivity index (χ1) is 7.81. The molecule has 98 valence electrons. The lowest BCUT2D eigenvalue weighted by atomic mass is 9.88. The van der Waals surface area contributed by atoms with Gasteiger partial charge in [0.1, 0.15) is 11.8 Å². The van der Waals surface area contributed by atoms with Gasteiger partial charge in [0.15, 0.2) is 0 Å². The summed E-state index contributed by atoms with van der Waals surface area (Å²) in [5.41, 5.74) is 1.18. The van der Waals surface area contributed by atoms with Crippen molar-refractivity contribution in [3.05, 3.63) is 11.8 Å². The summed E-state index contributed by atoms with van der Waals surface area (Å²) >= 11 is 0. The molecule has 0 aromatic carbocycles. The van der Waals surface area contributed by atoms with E-state index in [0.717, 1.165) is 19.3 Å². The predicted octanol–water partition coefficient (Wildman–Crippen LogP) is 2.96. The molecule has 1 saturated heterocycles. The molecule has 0 amide bonds. The third-order valence-electron chi connectivity index (χ3n) is 3.79. The van der Waals surface area contributed by atoms with Gasteiger partial charge >= 0.3 is 0 Å². The smallest absolute Gasteiger partial charge is 0.148 e. The number of nitrogens with one attached hydrogen (secondary N) is 1. The van der Waals surface area contributed by atoms with Crippen molar-refractivity contribution in [1.82, 2.24) is 5.32 Å². The van der Waals surface area contributed by atoms with Gasteiger partial charge < -0.3 is 9.47 Å². The summed E-state index contributed by atoms with van der Waals surface area (Å²) in [4.78, 5) is 0. The van der Waals surface area contributed by atoms with Crippen molar-refractivity contribution in [3.8, 4) is 0 Å². The second-order valence-electron chi connectivity index (χ2n) is 6.45. The van der Waals surface area contributed by atoms with Crippen LogP contribution < -0.4 is 5.32 Å². The molecule has 3 heteroatoms. The summed E-state index contributed by atoms with van der Waals surface area (Å²) in [6.07, 6.45) is 5.28. The highest BCUT2D eigenvalue weighted by Gasteiger charge is 2.44. The topological polar surface area (TPSA) is 30.5 Å². The largest absolute Gasteiger partial charge is 0.491 e. The second kappa shape index (κ2) is 4.29. The SMILES string of the molecule is CC1=CO[C@](C)([C@H]2NC(C)(C)C[C@@H](C)O2)CC1. The Kier molecular flexibility index (Phi) is 3.25. The second-order valence-corrected chi connectivity index (χ2v) is 6.45. The van der Waals surface area contributed by atoms with Crippen LogP contribution in [0.1, 0.15) is 53.9 Å². The molecule has 0 spiro atoms. The average molecular weight is 239 g/mol. The maximum atomic E-state index is 6.03. The van der Waals surface area contributed by atoms with Crippen LogP contribution in [0.3, 0.4) is 0 Å². The molecule has 2 aliphatic heterocycles. The van der Waals surface area contributed by atoms with Crippen LogP contribution in [0, 0.1) is 0 Å². The van der Waals surface area contributed by atoms with Crippen LogP contribution in [0.25, 0.3) is 0 Å². The fourth-order valence-corrected chi connectivity index (χ4v) is 2.73. The molecule has 17 heavy (non-hydrogen) atoms. The van der Waals surface area contributed by atoms with Gasteiger partial charge in [-0.1, -0.05) is 0 Å².